The number of hydrogen-bond acceptors (Lipinski definition) is 4. The predicted octanol–water partition coefficient (Wildman–Crippen LogP) is 4.18. The zero-order valence-corrected chi connectivity index (χ0v) is 15.3. The topological polar surface area (TPSA) is 66.9 Å². The van der Waals surface area contributed by atoms with E-state index in [0.29, 0.717) is 17.6 Å². The number of aryl methyl sites for hydroxylation is 1. The number of anilines is 2. The minimum Gasteiger partial charge on any atom is -0.346 e. The molecule has 2 rings (SSSR count). The third-order valence-corrected chi connectivity index (χ3v) is 3.40. The smallest absolute Gasteiger partial charge is 0.270 e. The average Bonchev–Trinajstić information content (AvgIpc) is 2.45. The highest BCUT2D eigenvalue weighted by Crippen LogP contribution is 2.25. The van der Waals surface area contributed by atoms with Gasteiger partial charge in [0.2, 0.25) is 5.95 Å². The van der Waals surface area contributed by atoms with Crippen LogP contribution >= 0.6 is 0 Å². The van der Waals surface area contributed by atoms with Gasteiger partial charge in [-0.25, -0.2) is 9.97 Å². The number of carbonyl (C=O) groups excluding carboxylic acids is 1. The molecule has 0 atom stereocenters. The molecule has 0 aliphatic carbocycles. The van der Waals surface area contributed by atoms with Crippen LogP contribution in [-0.2, 0) is 0 Å². The summed E-state index contributed by atoms with van der Waals surface area (Å²) >= 11 is 0. The van der Waals surface area contributed by atoms with Gasteiger partial charge in [-0.2, -0.15) is 0 Å². The number of carbonyl (C=O) groups is 1. The van der Waals surface area contributed by atoms with Crippen LogP contribution in [0.15, 0.2) is 30.3 Å². The molecule has 2 aromatic rings. The Morgan fingerprint density at radius 2 is 1.79 bits per heavy atom. The van der Waals surface area contributed by atoms with E-state index in [0.717, 1.165) is 11.4 Å². The van der Waals surface area contributed by atoms with Crippen molar-refractivity contribution in [2.24, 2.45) is 0 Å². The summed E-state index contributed by atoms with van der Waals surface area (Å²) in [5.74, 6) is 0.609. The Kier molecular flexibility index (Phi) is 5.22. The van der Waals surface area contributed by atoms with Crippen LogP contribution in [0.1, 0.15) is 62.3 Å². The van der Waals surface area contributed by atoms with Crippen molar-refractivity contribution in [1.82, 2.24) is 15.3 Å². The summed E-state index contributed by atoms with van der Waals surface area (Å²) in [6.07, 6.45) is 0. The van der Waals surface area contributed by atoms with E-state index in [2.05, 4.69) is 40.5 Å². The van der Waals surface area contributed by atoms with Gasteiger partial charge in [-0.05, 0) is 51.3 Å². The van der Waals surface area contributed by atoms with Gasteiger partial charge in [0.15, 0.2) is 0 Å². The molecule has 0 aliphatic heterocycles. The van der Waals surface area contributed by atoms with E-state index in [1.807, 2.05) is 45.9 Å². The van der Waals surface area contributed by atoms with Crippen molar-refractivity contribution in [3.05, 3.63) is 47.3 Å². The first-order valence-electron chi connectivity index (χ1n) is 8.20. The Balaban J connectivity index is 2.31. The highest BCUT2D eigenvalue weighted by atomic mass is 16.2. The molecular formula is C19H26N4O. The lowest BCUT2D eigenvalue weighted by atomic mass is 10.0. The molecule has 5 nitrogen and oxygen atoms in total. The van der Waals surface area contributed by atoms with Gasteiger partial charge in [-0.3, -0.25) is 4.79 Å². The summed E-state index contributed by atoms with van der Waals surface area (Å²) in [4.78, 5) is 21.1. The van der Waals surface area contributed by atoms with E-state index in [9.17, 15) is 4.79 Å². The van der Waals surface area contributed by atoms with Crippen LogP contribution in [0.5, 0.6) is 0 Å². The van der Waals surface area contributed by atoms with Gasteiger partial charge >= 0.3 is 0 Å². The minimum atomic E-state index is -0.312. The first-order valence-corrected chi connectivity index (χ1v) is 8.20. The standard InChI is InChI=1S/C19H26N4O/c1-12(2)14-9-7-8-10-15(14)21-18-20-13(3)11-16(22-18)17(24)23-19(4,5)6/h7-12H,1-6H3,(H,23,24)(H,20,21,22). The molecule has 2 N–H and O–H groups in total. The highest BCUT2D eigenvalue weighted by Gasteiger charge is 2.18. The second-order valence-electron chi connectivity index (χ2n) is 7.29. The number of benzene rings is 1. The van der Waals surface area contributed by atoms with Gasteiger partial charge in [0.1, 0.15) is 5.69 Å². The van der Waals surface area contributed by atoms with Crippen LogP contribution in [0.25, 0.3) is 0 Å². The van der Waals surface area contributed by atoms with Crippen molar-refractivity contribution in [1.29, 1.82) is 0 Å². The van der Waals surface area contributed by atoms with Crippen molar-refractivity contribution in [2.45, 2.75) is 53.0 Å². The third-order valence-electron chi connectivity index (χ3n) is 3.40. The van der Waals surface area contributed by atoms with Crippen LogP contribution in [0, 0.1) is 6.92 Å². The molecule has 24 heavy (non-hydrogen) atoms. The molecule has 0 saturated heterocycles. The summed E-state index contributed by atoms with van der Waals surface area (Å²) in [6, 6.07) is 9.75. The average molecular weight is 326 g/mol. The largest absolute Gasteiger partial charge is 0.346 e. The molecule has 0 radical (unpaired) electrons. The van der Waals surface area contributed by atoms with Crippen molar-refractivity contribution in [2.75, 3.05) is 5.32 Å². The van der Waals surface area contributed by atoms with Gasteiger partial charge in [-0.15, -0.1) is 0 Å². The summed E-state index contributed by atoms with van der Waals surface area (Å²) in [5, 5.41) is 6.18. The van der Waals surface area contributed by atoms with E-state index in [-0.39, 0.29) is 11.4 Å². The molecule has 1 heterocycles. The minimum absolute atomic E-state index is 0.201. The van der Waals surface area contributed by atoms with Gasteiger partial charge < -0.3 is 10.6 Å². The number of nitrogens with one attached hydrogen (secondary N) is 2. The Morgan fingerprint density at radius 3 is 2.42 bits per heavy atom. The maximum atomic E-state index is 12.4. The van der Waals surface area contributed by atoms with Crippen LogP contribution in [-0.4, -0.2) is 21.4 Å². The lowest BCUT2D eigenvalue weighted by Gasteiger charge is -2.20. The summed E-state index contributed by atoms with van der Waals surface area (Å²) in [6.45, 7) is 12.0. The summed E-state index contributed by atoms with van der Waals surface area (Å²) < 4.78 is 0. The number of aromatic nitrogens is 2. The fraction of sp³-hybridized carbons (Fsp3) is 0.421. The van der Waals surface area contributed by atoms with Gasteiger partial charge in [0.05, 0.1) is 0 Å². The number of rotatable bonds is 4. The molecule has 1 aromatic carbocycles. The number of nitrogens with zero attached hydrogens (tertiary/aromatic N) is 2. The molecule has 5 heteroatoms. The van der Waals surface area contributed by atoms with Gasteiger partial charge in [0, 0.05) is 16.9 Å². The van der Waals surface area contributed by atoms with E-state index in [4.69, 9.17) is 0 Å². The van der Waals surface area contributed by atoms with E-state index < -0.39 is 0 Å². The van der Waals surface area contributed by atoms with Crippen molar-refractivity contribution >= 4 is 17.5 Å². The summed E-state index contributed by atoms with van der Waals surface area (Å²) in [5.41, 5.74) is 2.94. The second-order valence-corrected chi connectivity index (χ2v) is 7.29. The predicted molar refractivity (Wildman–Crippen MR) is 97.8 cm³/mol. The Morgan fingerprint density at radius 1 is 1.12 bits per heavy atom. The van der Waals surface area contributed by atoms with Crippen molar-refractivity contribution in [3.63, 3.8) is 0 Å². The normalized spacial score (nSPS) is 11.5. The quantitative estimate of drug-likeness (QED) is 0.884. The van der Waals surface area contributed by atoms with Crippen molar-refractivity contribution < 1.29 is 4.79 Å². The first-order chi connectivity index (χ1) is 11.2. The maximum Gasteiger partial charge on any atom is 0.270 e. The highest BCUT2D eigenvalue weighted by molar-refractivity contribution is 5.93. The molecule has 1 aromatic heterocycles. The van der Waals surface area contributed by atoms with Crippen LogP contribution < -0.4 is 10.6 Å². The molecule has 1 amide bonds. The van der Waals surface area contributed by atoms with Crippen LogP contribution in [0.3, 0.4) is 0 Å². The molecular weight excluding hydrogens is 300 g/mol. The SMILES string of the molecule is Cc1cc(C(=O)NC(C)(C)C)nc(Nc2ccccc2C(C)C)n1. The number of amides is 1. The fourth-order valence-electron chi connectivity index (χ4n) is 2.38. The van der Waals surface area contributed by atoms with Crippen LogP contribution in [0.2, 0.25) is 0 Å². The fourth-order valence-corrected chi connectivity index (χ4v) is 2.38. The molecule has 0 spiro atoms. The second kappa shape index (κ2) is 6.99. The Bertz CT molecular complexity index is 732. The Labute approximate surface area is 143 Å². The molecule has 128 valence electrons. The van der Waals surface area contributed by atoms with Crippen LogP contribution in [0.4, 0.5) is 11.6 Å². The zero-order valence-electron chi connectivity index (χ0n) is 15.3. The maximum absolute atomic E-state index is 12.4. The third kappa shape index (κ3) is 4.78. The molecule has 0 fully saturated rings. The van der Waals surface area contributed by atoms with Crippen molar-refractivity contribution in [3.8, 4) is 0 Å². The van der Waals surface area contributed by atoms with Gasteiger partial charge in [-0.1, -0.05) is 32.0 Å². The van der Waals surface area contributed by atoms with Gasteiger partial charge in [0.25, 0.3) is 5.91 Å². The molecule has 0 aliphatic rings. The molecule has 0 saturated carbocycles. The lowest BCUT2D eigenvalue weighted by Crippen LogP contribution is -2.41. The lowest BCUT2D eigenvalue weighted by molar-refractivity contribution is 0.0914. The number of para-hydroxylation sites is 1. The molecule has 0 unspecified atom stereocenters. The van der Waals surface area contributed by atoms with E-state index >= 15 is 0 Å². The summed E-state index contributed by atoms with van der Waals surface area (Å²) in [7, 11) is 0. The van der Waals surface area contributed by atoms with E-state index in [1.165, 1.54) is 5.56 Å². The molecule has 0 bridgehead atoms. The first kappa shape index (κ1) is 17.9. The Hall–Kier alpha value is -2.43. The number of hydrogen-bond donors (Lipinski definition) is 2. The van der Waals surface area contributed by atoms with E-state index in [1.54, 1.807) is 6.07 Å². The monoisotopic (exact) mass is 326 g/mol. The zero-order chi connectivity index (χ0) is 17.9.